The van der Waals surface area contributed by atoms with Gasteiger partial charge in [-0.3, -0.25) is 5.43 Å². The van der Waals surface area contributed by atoms with Crippen LogP contribution in [0.2, 0.25) is 0 Å². The van der Waals surface area contributed by atoms with Crippen molar-refractivity contribution in [3.63, 3.8) is 0 Å². The van der Waals surface area contributed by atoms with Gasteiger partial charge in [-0.25, -0.2) is 4.39 Å². The second kappa shape index (κ2) is 7.35. The first-order valence-corrected chi connectivity index (χ1v) is 6.61. The molecule has 0 aliphatic rings. The zero-order valence-electron chi connectivity index (χ0n) is 11.1. The predicted octanol–water partition coefficient (Wildman–Crippen LogP) is 2.57. The minimum atomic E-state index is -0.370. The molecule has 21 heavy (non-hydrogen) atoms. The molecular formula is C15H14FN3OS. The lowest BCUT2D eigenvalue weighted by atomic mass is 10.1. The van der Waals surface area contributed by atoms with Crippen molar-refractivity contribution in [2.45, 2.75) is 6.61 Å². The van der Waals surface area contributed by atoms with Gasteiger partial charge in [0.25, 0.3) is 0 Å². The van der Waals surface area contributed by atoms with Gasteiger partial charge in [0.05, 0.1) is 6.21 Å². The lowest BCUT2D eigenvalue weighted by Crippen LogP contribution is -2.23. The Morgan fingerprint density at radius 3 is 2.62 bits per heavy atom. The predicted molar refractivity (Wildman–Crippen MR) is 84.7 cm³/mol. The number of halogens is 1. The van der Waals surface area contributed by atoms with Crippen LogP contribution < -0.4 is 15.9 Å². The van der Waals surface area contributed by atoms with Gasteiger partial charge in [0.1, 0.15) is 6.61 Å². The number of benzene rings is 2. The SMILES string of the molecule is NC(=S)NN=Cc1ccc(COc2ccccc2F)cc1. The van der Waals surface area contributed by atoms with Crippen molar-refractivity contribution < 1.29 is 9.13 Å². The molecule has 0 radical (unpaired) electrons. The van der Waals surface area contributed by atoms with Gasteiger partial charge in [0.2, 0.25) is 0 Å². The van der Waals surface area contributed by atoms with Gasteiger partial charge in [-0.1, -0.05) is 36.4 Å². The molecule has 0 amide bonds. The first kappa shape index (κ1) is 14.9. The molecule has 0 bridgehead atoms. The van der Waals surface area contributed by atoms with Crippen LogP contribution in [0, 0.1) is 5.82 Å². The maximum Gasteiger partial charge on any atom is 0.184 e. The zero-order chi connectivity index (χ0) is 15.1. The summed E-state index contributed by atoms with van der Waals surface area (Å²) in [4.78, 5) is 0. The number of nitrogens with one attached hydrogen (secondary N) is 1. The maximum absolute atomic E-state index is 13.4. The van der Waals surface area contributed by atoms with Crippen LogP contribution >= 0.6 is 12.2 Å². The second-order valence-corrected chi connectivity index (χ2v) is 4.63. The number of nitrogens with two attached hydrogens (primary N) is 1. The Labute approximate surface area is 127 Å². The van der Waals surface area contributed by atoms with Gasteiger partial charge in [-0.2, -0.15) is 5.10 Å². The summed E-state index contributed by atoms with van der Waals surface area (Å²) in [5.74, 6) is -0.131. The van der Waals surface area contributed by atoms with E-state index in [1.807, 2.05) is 24.3 Å². The highest BCUT2D eigenvalue weighted by atomic mass is 32.1. The van der Waals surface area contributed by atoms with Crippen LogP contribution in [0.1, 0.15) is 11.1 Å². The highest BCUT2D eigenvalue weighted by Crippen LogP contribution is 2.17. The number of thiocarbonyl (C=S) groups is 1. The summed E-state index contributed by atoms with van der Waals surface area (Å²) in [6.07, 6.45) is 1.60. The average Bonchev–Trinajstić information content (AvgIpc) is 2.47. The molecular weight excluding hydrogens is 289 g/mol. The van der Waals surface area contributed by atoms with Crippen molar-refractivity contribution in [3.8, 4) is 5.75 Å². The van der Waals surface area contributed by atoms with E-state index in [-0.39, 0.29) is 16.7 Å². The molecule has 0 fully saturated rings. The Balaban J connectivity index is 1.92. The largest absolute Gasteiger partial charge is 0.486 e. The Kier molecular flexibility index (Phi) is 5.22. The Morgan fingerprint density at radius 1 is 1.24 bits per heavy atom. The van der Waals surface area contributed by atoms with E-state index in [1.54, 1.807) is 24.4 Å². The monoisotopic (exact) mass is 303 g/mol. The van der Waals surface area contributed by atoms with E-state index in [9.17, 15) is 4.39 Å². The van der Waals surface area contributed by atoms with E-state index in [4.69, 9.17) is 10.5 Å². The topological polar surface area (TPSA) is 59.6 Å². The molecule has 0 aliphatic carbocycles. The van der Waals surface area contributed by atoms with Crippen LogP contribution in [-0.2, 0) is 6.61 Å². The molecule has 2 aromatic carbocycles. The fourth-order valence-corrected chi connectivity index (χ4v) is 1.65. The highest BCUT2D eigenvalue weighted by molar-refractivity contribution is 7.80. The molecule has 2 aromatic rings. The molecule has 2 rings (SSSR count). The summed E-state index contributed by atoms with van der Waals surface area (Å²) in [5.41, 5.74) is 9.53. The van der Waals surface area contributed by atoms with Crippen LogP contribution in [0.25, 0.3) is 0 Å². The molecule has 0 saturated heterocycles. The molecule has 3 N–H and O–H groups in total. The lowest BCUT2D eigenvalue weighted by Gasteiger charge is -2.07. The summed E-state index contributed by atoms with van der Waals surface area (Å²) in [6.45, 7) is 0.295. The first-order chi connectivity index (χ1) is 10.1. The van der Waals surface area contributed by atoms with Crippen molar-refractivity contribution in [3.05, 3.63) is 65.5 Å². The minimum Gasteiger partial charge on any atom is -0.486 e. The van der Waals surface area contributed by atoms with Gasteiger partial charge in [-0.05, 0) is 35.5 Å². The number of hydrogen-bond acceptors (Lipinski definition) is 3. The summed E-state index contributed by atoms with van der Waals surface area (Å²) < 4.78 is 18.8. The van der Waals surface area contributed by atoms with Crippen molar-refractivity contribution >= 4 is 23.5 Å². The highest BCUT2D eigenvalue weighted by Gasteiger charge is 2.01. The molecule has 4 nitrogen and oxygen atoms in total. The van der Waals surface area contributed by atoms with E-state index < -0.39 is 0 Å². The summed E-state index contributed by atoms with van der Waals surface area (Å²) in [6, 6.07) is 13.8. The maximum atomic E-state index is 13.4. The van der Waals surface area contributed by atoms with E-state index in [0.29, 0.717) is 6.61 Å². The number of rotatable bonds is 5. The normalized spacial score (nSPS) is 10.5. The Morgan fingerprint density at radius 2 is 1.95 bits per heavy atom. The van der Waals surface area contributed by atoms with E-state index in [2.05, 4.69) is 22.7 Å². The second-order valence-electron chi connectivity index (χ2n) is 4.19. The summed E-state index contributed by atoms with van der Waals surface area (Å²) in [5, 5.41) is 3.97. The van der Waals surface area contributed by atoms with Crippen LogP contribution in [-0.4, -0.2) is 11.3 Å². The molecule has 0 spiro atoms. The first-order valence-electron chi connectivity index (χ1n) is 6.20. The van der Waals surface area contributed by atoms with Crippen LogP contribution in [0.4, 0.5) is 4.39 Å². The number of hydrogen-bond donors (Lipinski definition) is 2. The fourth-order valence-electron chi connectivity index (χ4n) is 1.59. The van der Waals surface area contributed by atoms with Gasteiger partial charge in [0.15, 0.2) is 16.7 Å². The van der Waals surface area contributed by atoms with Crippen LogP contribution in [0.5, 0.6) is 5.75 Å². The van der Waals surface area contributed by atoms with Crippen LogP contribution in [0.3, 0.4) is 0 Å². The summed E-state index contributed by atoms with van der Waals surface area (Å²) >= 11 is 4.63. The van der Waals surface area contributed by atoms with Gasteiger partial charge < -0.3 is 10.5 Å². The van der Waals surface area contributed by atoms with Gasteiger partial charge in [0, 0.05) is 0 Å². The standard InChI is InChI=1S/C15H14FN3OS/c16-13-3-1-2-4-14(13)20-10-12-7-5-11(6-8-12)9-18-19-15(17)21/h1-9H,10H2,(H3,17,19,21). The van der Waals surface area contributed by atoms with Crippen molar-refractivity contribution in [1.82, 2.24) is 5.43 Å². The van der Waals surface area contributed by atoms with E-state index in [0.717, 1.165) is 11.1 Å². The van der Waals surface area contributed by atoms with E-state index >= 15 is 0 Å². The third kappa shape index (κ3) is 4.85. The third-order valence-electron chi connectivity index (χ3n) is 2.60. The Hall–Kier alpha value is -2.47. The number of hydrazone groups is 1. The van der Waals surface area contributed by atoms with E-state index in [1.165, 1.54) is 6.07 Å². The summed E-state index contributed by atoms with van der Waals surface area (Å²) in [7, 11) is 0. The molecule has 0 heterocycles. The molecule has 0 aliphatic heterocycles. The van der Waals surface area contributed by atoms with Gasteiger partial charge in [-0.15, -0.1) is 0 Å². The molecule has 0 aromatic heterocycles. The number of para-hydroxylation sites is 1. The van der Waals surface area contributed by atoms with Crippen molar-refractivity contribution in [2.24, 2.45) is 10.8 Å². The molecule has 0 atom stereocenters. The number of nitrogens with zero attached hydrogens (tertiary/aromatic N) is 1. The average molecular weight is 303 g/mol. The number of ether oxygens (including phenoxy) is 1. The smallest absolute Gasteiger partial charge is 0.184 e. The molecule has 108 valence electrons. The van der Waals surface area contributed by atoms with Crippen molar-refractivity contribution in [2.75, 3.05) is 0 Å². The fraction of sp³-hybridized carbons (Fsp3) is 0.0667. The Bertz CT molecular complexity index is 644. The molecule has 0 unspecified atom stereocenters. The zero-order valence-corrected chi connectivity index (χ0v) is 11.9. The minimum absolute atomic E-state index is 0.112. The van der Waals surface area contributed by atoms with Crippen molar-refractivity contribution in [1.29, 1.82) is 0 Å². The lowest BCUT2D eigenvalue weighted by molar-refractivity contribution is 0.290. The molecule has 0 saturated carbocycles. The van der Waals surface area contributed by atoms with Gasteiger partial charge >= 0.3 is 0 Å². The quantitative estimate of drug-likeness (QED) is 0.506. The third-order valence-corrected chi connectivity index (χ3v) is 2.69. The van der Waals surface area contributed by atoms with Crippen LogP contribution in [0.15, 0.2) is 53.6 Å². The molecule has 6 heteroatoms.